The SMILES string of the molecule is CS(=O)(=NCc1ccc(-c2noc(C(F)(F)F)n2)cc1)c1ccc(Br)cc1. The first-order valence-electron chi connectivity index (χ1n) is 7.59. The van der Waals surface area contributed by atoms with Crippen molar-refractivity contribution in [2.45, 2.75) is 17.6 Å². The lowest BCUT2D eigenvalue weighted by Gasteiger charge is -2.05. The molecule has 0 aliphatic rings. The molecule has 0 bridgehead atoms. The maximum atomic E-state index is 12.7. The molecule has 142 valence electrons. The van der Waals surface area contributed by atoms with Gasteiger partial charge in [-0.05, 0) is 29.8 Å². The molecule has 1 atom stereocenters. The lowest BCUT2D eigenvalue weighted by atomic mass is 10.1. The van der Waals surface area contributed by atoms with E-state index in [0.717, 1.165) is 10.0 Å². The molecule has 0 aliphatic carbocycles. The van der Waals surface area contributed by atoms with Gasteiger partial charge in [0.25, 0.3) is 0 Å². The van der Waals surface area contributed by atoms with Crippen LogP contribution in [0, 0.1) is 0 Å². The quantitative estimate of drug-likeness (QED) is 0.539. The van der Waals surface area contributed by atoms with Crippen molar-refractivity contribution in [1.29, 1.82) is 0 Å². The fraction of sp³-hybridized carbons (Fsp3) is 0.176. The Balaban J connectivity index is 1.77. The van der Waals surface area contributed by atoms with Crippen LogP contribution in [0.5, 0.6) is 0 Å². The lowest BCUT2D eigenvalue weighted by Crippen LogP contribution is -2.04. The van der Waals surface area contributed by atoms with Crippen molar-refractivity contribution < 1.29 is 21.9 Å². The highest BCUT2D eigenvalue weighted by atomic mass is 79.9. The first kappa shape index (κ1) is 19.6. The van der Waals surface area contributed by atoms with E-state index >= 15 is 0 Å². The van der Waals surface area contributed by atoms with Gasteiger partial charge in [-0.15, -0.1) is 0 Å². The molecule has 3 aromatic rings. The van der Waals surface area contributed by atoms with Gasteiger partial charge >= 0.3 is 12.1 Å². The summed E-state index contributed by atoms with van der Waals surface area (Å²) >= 11 is 3.32. The Labute approximate surface area is 161 Å². The number of halogens is 4. The standard InChI is InChI=1S/C17H13BrF3N3O2S/c1-27(25,14-8-6-13(18)7-9-14)22-10-11-2-4-12(5-3-11)15-23-16(26-24-15)17(19,20)21/h2-9H,10H2,1H3. The van der Waals surface area contributed by atoms with Crippen LogP contribution in [0.1, 0.15) is 11.5 Å². The van der Waals surface area contributed by atoms with Gasteiger partial charge in [-0.1, -0.05) is 45.4 Å². The lowest BCUT2D eigenvalue weighted by molar-refractivity contribution is -0.159. The summed E-state index contributed by atoms with van der Waals surface area (Å²) < 4.78 is 59.7. The van der Waals surface area contributed by atoms with Crippen LogP contribution in [-0.4, -0.2) is 20.6 Å². The number of hydrogen-bond acceptors (Lipinski definition) is 5. The van der Waals surface area contributed by atoms with Crippen LogP contribution in [0.4, 0.5) is 13.2 Å². The number of aromatic nitrogens is 2. The zero-order valence-electron chi connectivity index (χ0n) is 13.9. The van der Waals surface area contributed by atoms with Crippen molar-refractivity contribution in [1.82, 2.24) is 10.1 Å². The molecular formula is C17H13BrF3N3O2S. The predicted molar refractivity (Wildman–Crippen MR) is 97.3 cm³/mol. The van der Waals surface area contributed by atoms with Gasteiger partial charge in [-0.2, -0.15) is 18.2 Å². The molecule has 5 nitrogen and oxygen atoms in total. The van der Waals surface area contributed by atoms with Gasteiger partial charge in [0.15, 0.2) is 0 Å². The summed E-state index contributed by atoms with van der Waals surface area (Å²) in [5.41, 5.74) is 1.13. The molecule has 0 saturated carbocycles. The summed E-state index contributed by atoms with van der Waals surface area (Å²) in [7, 11) is -2.56. The van der Waals surface area contributed by atoms with Crippen LogP contribution >= 0.6 is 15.9 Å². The van der Waals surface area contributed by atoms with Crippen molar-refractivity contribution in [2.24, 2.45) is 4.36 Å². The van der Waals surface area contributed by atoms with Crippen molar-refractivity contribution in [3.8, 4) is 11.4 Å². The van der Waals surface area contributed by atoms with Crippen molar-refractivity contribution in [2.75, 3.05) is 6.26 Å². The van der Waals surface area contributed by atoms with Crippen LogP contribution in [0.15, 0.2) is 66.8 Å². The Bertz CT molecular complexity index is 1050. The predicted octanol–water partition coefficient (Wildman–Crippen LogP) is 5.17. The van der Waals surface area contributed by atoms with Crippen LogP contribution in [-0.2, 0) is 22.5 Å². The van der Waals surface area contributed by atoms with Gasteiger partial charge in [-0.25, -0.2) is 8.57 Å². The summed E-state index contributed by atoms with van der Waals surface area (Å²) in [5, 5.41) is 3.34. The van der Waals surface area contributed by atoms with E-state index in [0.29, 0.717) is 10.5 Å². The molecule has 0 aliphatic heterocycles. The average molecular weight is 460 g/mol. The second kappa shape index (κ2) is 7.43. The molecule has 27 heavy (non-hydrogen) atoms. The highest BCUT2D eigenvalue weighted by Gasteiger charge is 2.38. The number of hydrogen-bond donors (Lipinski definition) is 0. The molecule has 1 aromatic heterocycles. The summed E-state index contributed by atoms with van der Waals surface area (Å²) in [6, 6.07) is 13.5. The zero-order chi connectivity index (χ0) is 19.7. The van der Waals surface area contributed by atoms with Crippen LogP contribution in [0.25, 0.3) is 11.4 Å². The summed E-state index contributed by atoms with van der Waals surface area (Å²) in [5.74, 6) is -1.54. The van der Waals surface area contributed by atoms with E-state index in [1.807, 2.05) is 0 Å². The third-order valence-electron chi connectivity index (χ3n) is 3.63. The van der Waals surface area contributed by atoms with Crippen LogP contribution in [0.3, 0.4) is 0 Å². The van der Waals surface area contributed by atoms with Gasteiger partial charge < -0.3 is 4.52 Å². The van der Waals surface area contributed by atoms with E-state index < -0.39 is 21.8 Å². The summed E-state index contributed by atoms with van der Waals surface area (Å²) in [6.07, 6.45) is -3.12. The summed E-state index contributed by atoms with van der Waals surface area (Å²) in [6.45, 7) is 0.200. The zero-order valence-corrected chi connectivity index (χ0v) is 16.3. The average Bonchev–Trinajstić information content (AvgIpc) is 3.11. The molecular weight excluding hydrogens is 447 g/mol. The first-order valence-corrected chi connectivity index (χ1v) is 10.3. The number of nitrogens with zero attached hydrogens (tertiary/aromatic N) is 3. The van der Waals surface area contributed by atoms with Gasteiger partial charge in [0.1, 0.15) is 0 Å². The largest absolute Gasteiger partial charge is 0.471 e. The minimum absolute atomic E-state index is 0.153. The Morgan fingerprint density at radius 3 is 2.30 bits per heavy atom. The van der Waals surface area contributed by atoms with Gasteiger partial charge in [0, 0.05) is 21.2 Å². The molecule has 0 fully saturated rings. The fourth-order valence-corrected chi connectivity index (χ4v) is 3.62. The smallest absolute Gasteiger partial charge is 0.329 e. The van der Waals surface area contributed by atoms with E-state index in [2.05, 4.69) is 35.0 Å². The molecule has 0 radical (unpaired) electrons. The molecule has 1 heterocycles. The Morgan fingerprint density at radius 2 is 1.74 bits per heavy atom. The van der Waals surface area contributed by atoms with E-state index in [1.165, 1.54) is 0 Å². The molecule has 0 saturated heterocycles. The molecule has 0 spiro atoms. The number of rotatable bonds is 4. The van der Waals surface area contributed by atoms with Crippen LogP contribution < -0.4 is 0 Å². The molecule has 10 heteroatoms. The van der Waals surface area contributed by atoms with Gasteiger partial charge in [-0.3, -0.25) is 0 Å². The normalized spacial score (nSPS) is 14.0. The highest BCUT2D eigenvalue weighted by molar-refractivity contribution is 9.10. The van der Waals surface area contributed by atoms with Gasteiger partial charge in [0.05, 0.1) is 16.3 Å². The molecule has 0 N–H and O–H groups in total. The van der Waals surface area contributed by atoms with E-state index in [1.54, 1.807) is 54.8 Å². The highest BCUT2D eigenvalue weighted by Crippen LogP contribution is 2.29. The maximum absolute atomic E-state index is 12.7. The minimum Gasteiger partial charge on any atom is -0.329 e. The number of benzene rings is 2. The Kier molecular flexibility index (Phi) is 5.38. The van der Waals surface area contributed by atoms with E-state index in [9.17, 15) is 17.4 Å². The van der Waals surface area contributed by atoms with E-state index in [-0.39, 0.29) is 12.4 Å². The third kappa shape index (κ3) is 4.75. The minimum atomic E-state index is -4.68. The Morgan fingerprint density at radius 1 is 1.11 bits per heavy atom. The van der Waals surface area contributed by atoms with E-state index in [4.69, 9.17) is 0 Å². The van der Waals surface area contributed by atoms with Crippen molar-refractivity contribution in [3.63, 3.8) is 0 Å². The molecule has 1 unspecified atom stereocenters. The van der Waals surface area contributed by atoms with Crippen LogP contribution in [0.2, 0.25) is 0 Å². The molecule has 0 amide bonds. The third-order valence-corrected chi connectivity index (χ3v) is 5.92. The monoisotopic (exact) mass is 459 g/mol. The Hall–Kier alpha value is -2.20. The second-order valence-electron chi connectivity index (χ2n) is 5.66. The topological polar surface area (TPSA) is 68.3 Å². The molecule has 3 rings (SSSR count). The van der Waals surface area contributed by atoms with Gasteiger partial charge in [0.2, 0.25) is 5.82 Å². The van der Waals surface area contributed by atoms with Crippen molar-refractivity contribution >= 4 is 25.7 Å². The second-order valence-corrected chi connectivity index (χ2v) is 8.91. The van der Waals surface area contributed by atoms with Crippen molar-refractivity contribution in [3.05, 3.63) is 64.5 Å². The maximum Gasteiger partial charge on any atom is 0.471 e. The first-order chi connectivity index (χ1) is 12.6. The summed E-state index contributed by atoms with van der Waals surface area (Å²) in [4.78, 5) is 3.96. The fourth-order valence-electron chi connectivity index (χ4n) is 2.17. The molecule has 2 aromatic carbocycles. The number of alkyl halides is 3.